The van der Waals surface area contributed by atoms with Gasteiger partial charge in [-0.05, 0) is 48.9 Å². The van der Waals surface area contributed by atoms with E-state index in [9.17, 15) is 8.42 Å². The van der Waals surface area contributed by atoms with E-state index >= 15 is 0 Å². The molecule has 1 saturated carbocycles. The van der Waals surface area contributed by atoms with Crippen molar-refractivity contribution in [2.24, 2.45) is 0 Å². The third-order valence-corrected chi connectivity index (χ3v) is 5.90. The first kappa shape index (κ1) is 16.0. The molecule has 2 rings (SSSR count). The Morgan fingerprint density at radius 2 is 2.00 bits per heavy atom. The van der Waals surface area contributed by atoms with Crippen molar-refractivity contribution in [1.29, 1.82) is 0 Å². The highest BCUT2D eigenvalue weighted by Gasteiger charge is 2.38. The highest BCUT2D eigenvalue weighted by atomic mass is 32.2. The largest absolute Gasteiger partial charge is 0.398 e. The highest BCUT2D eigenvalue weighted by Crippen LogP contribution is 2.34. The maximum absolute atomic E-state index is 13.0. The number of nitrogens with two attached hydrogens (primary N) is 1. The zero-order chi connectivity index (χ0) is 15.6. The van der Waals surface area contributed by atoms with E-state index in [0.717, 1.165) is 30.4 Å². The zero-order valence-corrected chi connectivity index (χ0v) is 13.6. The third kappa shape index (κ3) is 3.14. The van der Waals surface area contributed by atoms with Crippen molar-refractivity contribution in [3.8, 4) is 0 Å². The minimum absolute atomic E-state index is 0.115. The molecule has 1 fully saturated rings. The summed E-state index contributed by atoms with van der Waals surface area (Å²) < 4.78 is 27.6. The minimum Gasteiger partial charge on any atom is -0.398 e. The molecule has 1 aromatic rings. The molecule has 0 heterocycles. The van der Waals surface area contributed by atoms with E-state index in [1.165, 1.54) is 0 Å². The molecule has 1 aliphatic carbocycles. The van der Waals surface area contributed by atoms with E-state index in [1.807, 2.05) is 19.9 Å². The lowest BCUT2D eigenvalue weighted by molar-refractivity contribution is 0.435. The minimum atomic E-state index is -3.52. The first-order chi connectivity index (χ1) is 9.95. The summed E-state index contributed by atoms with van der Waals surface area (Å²) in [7, 11) is -3.52. The highest BCUT2D eigenvalue weighted by molar-refractivity contribution is 7.89. The van der Waals surface area contributed by atoms with Crippen LogP contribution >= 0.6 is 0 Å². The maximum atomic E-state index is 13.0. The van der Waals surface area contributed by atoms with Crippen LogP contribution in [0.1, 0.15) is 37.8 Å². The lowest BCUT2D eigenvalue weighted by Crippen LogP contribution is -2.34. The first-order valence-corrected chi connectivity index (χ1v) is 8.93. The molecule has 0 aliphatic heterocycles. The van der Waals surface area contributed by atoms with Crippen molar-refractivity contribution in [3.05, 3.63) is 35.9 Å². The second-order valence-corrected chi connectivity index (χ2v) is 7.32. The van der Waals surface area contributed by atoms with Crippen LogP contribution in [0.2, 0.25) is 0 Å². The average molecular weight is 308 g/mol. The van der Waals surface area contributed by atoms with Crippen molar-refractivity contribution in [1.82, 2.24) is 4.31 Å². The molecule has 0 spiro atoms. The molecular weight excluding hydrogens is 284 g/mol. The van der Waals surface area contributed by atoms with E-state index in [2.05, 4.69) is 6.58 Å². The topological polar surface area (TPSA) is 63.4 Å². The normalized spacial score (nSPS) is 15.4. The number of sulfonamides is 1. The van der Waals surface area contributed by atoms with Gasteiger partial charge >= 0.3 is 0 Å². The van der Waals surface area contributed by atoms with Crippen molar-refractivity contribution < 1.29 is 8.42 Å². The molecule has 0 unspecified atom stereocenters. The molecule has 21 heavy (non-hydrogen) atoms. The van der Waals surface area contributed by atoms with E-state index < -0.39 is 10.0 Å². The Hall–Kier alpha value is -1.33. The monoisotopic (exact) mass is 308 g/mol. The molecule has 1 aliphatic rings. The lowest BCUT2D eigenvalue weighted by atomic mass is 10.1. The van der Waals surface area contributed by atoms with E-state index in [0.29, 0.717) is 23.5 Å². The third-order valence-electron chi connectivity index (χ3n) is 3.91. The van der Waals surface area contributed by atoms with Gasteiger partial charge in [-0.15, -0.1) is 6.58 Å². The molecule has 1 aromatic carbocycles. The second-order valence-electron chi connectivity index (χ2n) is 5.46. The van der Waals surface area contributed by atoms with Crippen LogP contribution in [-0.2, 0) is 22.9 Å². The van der Waals surface area contributed by atoms with Crippen LogP contribution in [-0.4, -0.2) is 25.3 Å². The summed E-state index contributed by atoms with van der Waals surface area (Å²) in [6, 6.07) is 3.78. The summed E-state index contributed by atoms with van der Waals surface area (Å²) in [5.41, 5.74) is 8.32. The summed E-state index contributed by atoms with van der Waals surface area (Å²) in [5.74, 6) is 0. The van der Waals surface area contributed by atoms with Gasteiger partial charge in [-0.25, -0.2) is 8.42 Å². The smallest absolute Gasteiger partial charge is 0.243 e. The predicted octanol–water partition coefficient (Wildman–Crippen LogP) is 2.73. The Morgan fingerprint density at radius 3 is 2.48 bits per heavy atom. The summed E-state index contributed by atoms with van der Waals surface area (Å²) in [6.45, 7) is 7.97. The van der Waals surface area contributed by atoms with Crippen molar-refractivity contribution in [2.45, 2.75) is 50.5 Å². The van der Waals surface area contributed by atoms with Gasteiger partial charge in [0.05, 0.1) is 4.90 Å². The Labute approximate surface area is 127 Å². The summed E-state index contributed by atoms with van der Waals surface area (Å²) in [6.07, 6.45) is 4.88. The number of nitrogens with zero attached hydrogens (tertiary/aromatic N) is 1. The van der Waals surface area contributed by atoms with Gasteiger partial charge < -0.3 is 5.73 Å². The quantitative estimate of drug-likeness (QED) is 0.622. The SMILES string of the molecule is C=CCN(C1CC1)S(=O)(=O)c1cc(CC)cc(N)c1CC. The Morgan fingerprint density at radius 1 is 1.33 bits per heavy atom. The molecular formula is C16H24N2O2S. The molecule has 5 heteroatoms. The predicted molar refractivity (Wildman–Crippen MR) is 86.7 cm³/mol. The molecule has 0 radical (unpaired) electrons. The van der Waals surface area contributed by atoms with Crippen LogP contribution in [0.5, 0.6) is 0 Å². The van der Waals surface area contributed by atoms with Gasteiger partial charge in [0.2, 0.25) is 10.0 Å². The number of rotatable bonds is 7. The molecule has 0 amide bonds. The van der Waals surface area contributed by atoms with Gasteiger partial charge in [0.25, 0.3) is 0 Å². The van der Waals surface area contributed by atoms with Crippen LogP contribution in [0.25, 0.3) is 0 Å². The molecule has 4 nitrogen and oxygen atoms in total. The summed E-state index contributed by atoms with van der Waals surface area (Å²) >= 11 is 0. The van der Waals surface area contributed by atoms with Gasteiger partial charge in [-0.3, -0.25) is 0 Å². The number of nitrogen functional groups attached to an aromatic ring is 1. The molecule has 0 aromatic heterocycles. The van der Waals surface area contributed by atoms with Crippen LogP contribution in [0.15, 0.2) is 29.7 Å². The number of hydrogen-bond acceptors (Lipinski definition) is 3. The van der Waals surface area contributed by atoms with Crippen molar-refractivity contribution in [3.63, 3.8) is 0 Å². The van der Waals surface area contributed by atoms with Gasteiger partial charge in [0.1, 0.15) is 0 Å². The summed E-state index contributed by atoms with van der Waals surface area (Å²) in [5, 5.41) is 0. The van der Waals surface area contributed by atoms with E-state index in [1.54, 1.807) is 16.4 Å². The fraction of sp³-hybridized carbons (Fsp3) is 0.500. The Balaban J connectivity index is 2.56. The molecule has 2 N–H and O–H groups in total. The molecule has 0 saturated heterocycles. The Kier molecular flexibility index (Phi) is 4.74. The maximum Gasteiger partial charge on any atom is 0.243 e. The fourth-order valence-corrected chi connectivity index (χ4v) is 4.63. The molecule has 116 valence electrons. The number of hydrogen-bond donors (Lipinski definition) is 1. The van der Waals surface area contributed by atoms with Gasteiger partial charge in [-0.1, -0.05) is 19.9 Å². The summed E-state index contributed by atoms with van der Waals surface area (Å²) in [4.78, 5) is 0.371. The van der Waals surface area contributed by atoms with Crippen LogP contribution in [0.3, 0.4) is 0 Å². The van der Waals surface area contributed by atoms with Crippen molar-refractivity contribution in [2.75, 3.05) is 12.3 Å². The van der Waals surface area contributed by atoms with Gasteiger partial charge in [-0.2, -0.15) is 4.31 Å². The molecule has 0 bridgehead atoms. The second kappa shape index (κ2) is 6.20. The van der Waals surface area contributed by atoms with Crippen molar-refractivity contribution >= 4 is 15.7 Å². The molecule has 0 atom stereocenters. The van der Waals surface area contributed by atoms with E-state index in [-0.39, 0.29) is 6.04 Å². The van der Waals surface area contributed by atoms with Crippen LogP contribution < -0.4 is 5.73 Å². The van der Waals surface area contributed by atoms with Crippen LogP contribution in [0, 0.1) is 0 Å². The van der Waals surface area contributed by atoms with Gasteiger partial charge in [0, 0.05) is 18.3 Å². The number of anilines is 1. The zero-order valence-electron chi connectivity index (χ0n) is 12.8. The van der Waals surface area contributed by atoms with E-state index in [4.69, 9.17) is 5.73 Å². The van der Waals surface area contributed by atoms with Crippen LogP contribution in [0.4, 0.5) is 5.69 Å². The number of aryl methyl sites for hydroxylation is 1. The Bertz CT molecular complexity index is 634. The number of benzene rings is 1. The fourth-order valence-electron chi connectivity index (χ4n) is 2.60. The standard InChI is InChI=1S/C16H24N2O2S/c1-4-9-18(13-7-8-13)21(19,20)16-11-12(5-2)10-15(17)14(16)6-3/h4,10-11,13H,1,5-9,17H2,2-3H3. The average Bonchev–Trinajstić information content (AvgIpc) is 3.27. The first-order valence-electron chi connectivity index (χ1n) is 7.49. The lowest BCUT2D eigenvalue weighted by Gasteiger charge is -2.23. The van der Waals surface area contributed by atoms with Gasteiger partial charge in [0.15, 0.2) is 0 Å².